The molecule has 0 saturated heterocycles. The Bertz CT molecular complexity index is 366. The Morgan fingerprint density at radius 2 is 2.08 bits per heavy atom. The molecule has 0 amide bonds. The summed E-state index contributed by atoms with van der Waals surface area (Å²) < 4.78 is 0.864. The topological polar surface area (TPSA) is 44.0 Å². The highest BCUT2D eigenvalue weighted by Gasteiger charge is 2.23. The first kappa shape index (κ1) is 10.1. The van der Waals surface area contributed by atoms with Crippen molar-refractivity contribution < 1.29 is 5.11 Å². The van der Waals surface area contributed by atoms with Gasteiger partial charge in [-0.2, -0.15) is 5.26 Å². The molecular formula is C10H10BrNO. The molecule has 0 aromatic heterocycles. The molecule has 0 aliphatic rings. The molecule has 0 saturated carbocycles. The number of hydrogen-bond acceptors (Lipinski definition) is 2. The lowest BCUT2D eigenvalue weighted by molar-refractivity contribution is 0.456. The number of phenols is 1. The minimum absolute atomic E-state index is 0.162. The predicted octanol–water partition coefficient (Wildman–Crippen LogP) is 2.96. The van der Waals surface area contributed by atoms with Gasteiger partial charge >= 0.3 is 0 Å². The van der Waals surface area contributed by atoms with E-state index in [9.17, 15) is 5.11 Å². The number of hydrogen-bond donors (Lipinski definition) is 1. The standard InChI is InChI=1S/C10H10BrNO/c1-10(2,6-12)8-5-7(11)3-4-9(8)13/h3-5,13H,1-2H3. The molecule has 0 fully saturated rings. The van der Waals surface area contributed by atoms with Gasteiger partial charge in [-0.15, -0.1) is 0 Å². The Kier molecular flexibility index (Phi) is 2.63. The van der Waals surface area contributed by atoms with Crippen molar-refractivity contribution in [3.63, 3.8) is 0 Å². The lowest BCUT2D eigenvalue weighted by Crippen LogP contribution is -2.13. The van der Waals surface area contributed by atoms with Crippen molar-refractivity contribution in [1.82, 2.24) is 0 Å². The van der Waals surface area contributed by atoms with Gasteiger partial charge in [0.15, 0.2) is 0 Å². The van der Waals surface area contributed by atoms with E-state index in [1.807, 2.05) is 0 Å². The molecule has 1 aromatic rings. The second-order valence-electron chi connectivity index (χ2n) is 3.40. The van der Waals surface area contributed by atoms with E-state index in [-0.39, 0.29) is 5.75 Å². The maximum atomic E-state index is 9.53. The van der Waals surface area contributed by atoms with Gasteiger partial charge in [-0.25, -0.2) is 0 Å². The Hall–Kier alpha value is -1.01. The number of rotatable bonds is 1. The van der Waals surface area contributed by atoms with E-state index in [0.29, 0.717) is 5.56 Å². The van der Waals surface area contributed by atoms with Gasteiger partial charge < -0.3 is 5.11 Å². The Labute approximate surface area is 85.9 Å². The molecule has 0 unspecified atom stereocenters. The SMILES string of the molecule is CC(C)(C#N)c1cc(Br)ccc1O. The number of halogens is 1. The maximum absolute atomic E-state index is 9.53. The van der Waals surface area contributed by atoms with E-state index < -0.39 is 5.41 Å². The fraction of sp³-hybridized carbons (Fsp3) is 0.300. The monoisotopic (exact) mass is 239 g/mol. The Balaban J connectivity index is 3.30. The second kappa shape index (κ2) is 3.39. The van der Waals surface area contributed by atoms with Crippen LogP contribution in [0.25, 0.3) is 0 Å². The van der Waals surface area contributed by atoms with Crippen LogP contribution in [0.5, 0.6) is 5.75 Å². The van der Waals surface area contributed by atoms with Crippen LogP contribution in [0.4, 0.5) is 0 Å². The lowest BCUT2D eigenvalue weighted by atomic mass is 9.86. The van der Waals surface area contributed by atoms with E-state index in [4.69, 9.17) is 5.26 Å². The first-order valence-electron chi connectivity index (χ1n) is 3.87. The smallest absolute Gasteiger partial charge is 0.120 e. The lowest BCUT2D eigenvalue weighted by Gasteiger charge is -2.17. The van der Waals surface area contributed by atoms with Gasteiger partial charge in [-0.05, 0) is 32.0 Å². The van der Waals surface area contributed by atoms with Gasteiger partial charge in [0.2, 0.25) is 0 Å². The summed E-state index contributed by atoms with van der Waals surface area (Å²) in [6.45, 7) is 3.54. The van der Waals surface area contributed by atoms with Crippen LogP contribution in [0.15, 0.2) is 22.7 Å². The summed E-state index contributed by atoms with van der Waals surface area (Å²) in [7, 11) is 0. The summed E-state index contributed by atoms with van der Waals surface area (Å²) in [4.78, 5) is 0. The number of phenolic OH excluding ortho intramolecular Hbond substituents is 1. The van der Waals surface area contributed by atoms with E-state index in [0.717, 1.165) is 4.47 Å². The van der Waals surface area contributed by atoms with Crippen molar-refractivity contribution in [1.29, 1.82) is 5.26 Å². The first-order valence-corrected chi connectivity index (χ1v) is 4.67. The van der Waals surface area contributed by atoms with Crippen LogP contribution in [-0.2, 0) is 5.41 Å². The van der Waals surface area contributed by atoms with Crippen LogP contribution in [-0.4, -0.2) is 5.11 Å². The molecule has 13 heavy (non-hydrogen) atoms. The fourth-order valence-corrected chi connectivity index (χ4v) is 1.43. The molecule has 1 rings (SSSR count). The highest BCUT2D eigenvalue weighted by molar-refractivity contribution is 9.10. The fourth-order valence-electron chi connectivity index (χ4n) is 1.07. The normalized spacial score (nSPS) is 10.9. The van der Waals surface area contributed by atoms with Crippen molar-refractivity contribution in [2.45, 2.75) is 19.3 Å². The molecule has 68 valence electrons. The van der Waals surface area contributed by atoms with Gasteiger partial charge in [0.1, 0.15) is 5.75 Å². The number of nitrogens with zero attached hydrogens (tertiary/aromatic N) is 1. The molecular weight excluding hydrogens is 230 g/mol. The van der Waals surface area contributed by atoms with Crippen molar-refractivity contribution in [2.75, 3.05) is 0 Å². The molecule has 2 nitrogen and oxygen atoms in total. The van der Waals surface area contributed by atoms with E-state index in [2.05, 4.69) is 22.0 Å². The third kappa shape index (κ3) is 2.02. The molecule has 0 bridgehead atoms. The molecule has 0 heterocycles. The summed E-state index contributed by atoms with van der Waals surface area (Å²) in [6.07, 6.45) is 0. The van der Waals surface area contributed by atoms with E-state index in [1.165, 1.54) is 0 Å². The molecule has 0 atom stereocenters. The average Bonchev–Trinajstić information content (AvgIpc) is 2.09. The minimum Gasteiger partial charge on any atom is -0.508 e. The number of aromatic hydroxyl groups is 1. The molecule has 0 aliphatic heterocycles. The van der Waals surface area contributed by atoms with Crippen molar-refractivity contribution in [3.8, 4) is 11.8 Å². The summed E-state index contributed by atoms with van der Waals surface area (Å²) in [5.41, 5.74) is -0.0159. The summed E-state index contributed by atoms with van der Waals surface area (Å²) in [5.74, 6) is 0.162. The van der Waals surface area contributed by atoms with Gasteiger partial charge in [-0.3, -0.25) is 0 Å². The largest absolute Gasteiger partial charge is 0.508 e. The summed E-state index contributed by atoms with van der Waals surface area (Å²) >= 11 is 3.30. The Morgan fingerprint density at radius 3 is 2.62 bits per heavy atom. The quantitative estimate of drug-likeness (QED) is 0.820. The third-order valence-electron chi connectivity index (χ3n) is 1.91. The van der Waals surface area contributed by atoms with Crippen LogP contribution in [0.3, 0.4) is 0 Å². The van der Waals surface area contributed by atoms with Gasteiger partial charge in [0, 0.05) is 10.0 Å². The molecule has 0 spiro atoms. The molecule has 1 aromatic carbocycles. The summed E-state index contributed by atoms with van der Waals surface area (Å²) in [6, 6.07) is 7.23. The zero-order valence-corrected chi connectivity index (χ0v) is 9.09. The van der Waals surface area contributed by atoms with Crippen LogP contribution in [0, 0.1) is 11.3 Å². The van der Waals surface area contributed by atoms with Gasteiger partial charge in [-0.1, -0.05) is 15.9 Å². The molecule has 0 aliphatic carbocycles. The van der Waals surface area contributed by atoms with Crippen LogP contribution >= 0.6 is 15.9 Å². The number of benzene rings is 1. The number of nitriles is 1. The van der Waals surface area contributed by atoms with Gasteiger partial charge in [0.05, 0.1) is 11.5 Å². The average molecular weight is 240 g/mol. The minimum atomic E-state index is -0.659. The second-order valence-corrected chi connectivity index (χ2v) is 4.31. The predicted molar refractivity (Wildman–Crippen MR) is 54.4 cm³/mol. The molecule has 0 radical (unpaired) electrons. The van der Waals surface area contributed by atoms with Crippen LogP contribution in [0.2, 0.25) is 0 Å². The van der Waals surface area contributed by atoms with Crippen LogP contribution in [0.1, 0.15) is 19.4 Å². The van der Waals surface area contributed by atoms with Crippen molar-refractivity contribution >= 4 is 15.9 Å². The van der Waals surface area contributed by atoms with E-state index in [1.54, 1.807) is 32.0 Å². The zero-order valence-electron chi connectivity index (χ0n) is 7.50. The van der Waals surface area contributed by atoms with E-state index >= 15 is 0 Å². The van der Waals surface area contributed by atoms with Crippen molar-refractivity contribution in [3.05, 3.63) is 28.2 Å². The third-order valence-corrected chi connectivity index (χ3v) is 2.40. The van der Waals surface area contributed by atoms with Crippen LogP contribution < -0.4 is 0 Å². The Morgan fingerprint density at radius 1 is 1.46 bits per heavy atom. The maximum Gasteiger partial charge on any atom is 0.120 e. The summed E-state index contributed by atoms with van der Waals surface area (Å²) in [5, 5.41) is 18.4. The molecule has 1 N–H and O–H groups in total. The highest BCUT2D eigenvalue weighted by atomic mass is 79.9. The van der Waals surface area contributed by atoms with Crippen molar-refractivity contribution in [2.24, 2.45) is 0 Å². The van der Waals surface area contributed by atoms with Gasteiger partial charge in [0.25, 0.3) is 0 Å². The first-order chi connectivity index (χ1) is 5.97. The zero-order chi connectivity index (χ0) is 10.1. The highest BCUT2D eigenvalue weighted by Crippen LogP contribution is 2.32. The molecule has 3 heteroatoms.